The van der Waals surface area contributed by atoms with E-state index in [1.54, 1.807) is 25.3 Å². The number of amidine groups is 1. The van der Waals surface area contributed by atoms with Crippen molar-refractivity contribution in [3.05, 3.63) is 77.8 Å². The van der Waals surface area contributed by atoms with Crippen LogP contribution in [0.15, 0.2) is 72.1 Å². The molecule has 184 valence electrons. The minimum absolute atomic E-state index is 0.324. The van der Waals surface area contributed by atoms with Crippen molar-refractivity contribution in [3.63, 3.8) is 0 Å². The van der Waals surface area contributed by atoms with Gasteiger partial charge < -0.3 is 25.2 Å². The average Bonchev–Trinajstić information content (AvgIpc) is 3.26. The van der Waals surface area contributed by atoms with Crippen LogP contribution in [0.1, 0.15) is 19.5 Å². The number of aliphatic imine (C=N–C) groups is 1. The fraction of sp³-hybridized carbons (Fsp3) is 0.231. The Morgan fingerprint density at radius 1 is 1.08 bits per heavy atom. The van der Waals surface area contributed by atoms with E-state index >= 15 is 0 Å². The number of aliphatic hydroxyl groups is 1. The lowest BCUT2D eigenvalue weighted by atomic mass is 10.0. The van der Waals surface area contributed by atoms with E-state index in [1.165, 1.54) is 6.33 Å². The van der Waals surface area contributed by atoms with E-state index in [0.717, 1.165) is 28.0 Å². The molecular formula is C26H25ClN6O3. The van der Waals surface area contributed by atoms with E-state index in [9.17, 15) is 5.11 Å². The van der Waals surface area contributed by atoms with Gasteiger partial charge in [-0.15, -0.1) is 0 Å². The van der Waals surface area contributed by atoms with Crippen molar-refractivity contribution in [3.8, 4) is 5.75 Å². The molecule has 0 spiro atoms. The number of ether oxygens (including phenoxy) is 2. The standard InChI is InChI=1S/C26H25ClN6O3/c1-16(34)26(2)14-29-25(36-26)33-17-6-8-22-20(11-17)24(31-15-30-22)32-18-7-9-23(21(27)12-18)35-13-19-5-3-4-10-28-19/h3-12,15-16,34H,13-14H2,1-2H3,(H,29,33)(H,30,31,32)/t16-,26?/m1/s1. The lowest BCUT2D eigenvalue weighted by Gasteiger charge is -2.26. The SMILES string of the molecule is C[C@@H](O)C1(C)CN=C(Nc2ccc3ncnc(Nc4ccc(OCc5ccccn5)c(Cl)c4)c3c2)O1. The van der Waals surface area contributed by atoms with Crippen LogP contribution >= 0.6 is 11.6 Å². The Morgan fingerprint density at radius 3 is 2.67 bits per heavy atom. The van der Waals surface area contributed by atoms with Crippen LogP contribution in [0.4, 0.5) is 17.2 Å². The molecular weight excluding hydrogens is 480 g/mol. The largest absolute Gasteiger partial charge is 0.486 e. The molecule has 1 unspecified atom stereocenters. The Bertz CT molecular complexity index is 1420. The number of hydrogen-bond donors (Lipinski definition) is 3. The van der Waals surface area contributed by atoms with Gasteiger partial charge in [0, 0.05) is 23.0 Å². The van der Waals surface area contributed by atoms with Crippen LogP contribution in [-0.2, 0) is 11.3 Å². The third kappa shape index (κ3) is 5.17. The number of nitrogens with one attached hydrogen (secondary N) is 2. The molecule has 0 aliphatic carbocycles. The van der Waals surface area contributed by atoms with Gasteiger partial charge in [-0.3, -0.25) is 4.98 Å². The topological polar surface area (TPSA) is 114 Å². The maximum atomic E-state index is 9.96. The minimum Gasteiger partial charge on any atom is -0.486 e. The van der Waals surface area contributed by atoms with Crippen molar-refractivity contribution in [2.75, 3.05) is 17.2 Å². The average molecular weight is 505 g/mol. The number of benzene rings is 2. The molecule has 9 nitrogen and oxygen atoms in total. The molecule has 0 radical (unpaired) electrons. The Kier molecular flexibility index (Phi) is 6.58. The van der Waals surface area contributed by atoms with Crippen molar-refractivity contribution in [2.24, 2.45) is 4.99 Å². The maximum Gasteiger partial charge on any atom is 0.290 e. The number of hydrogen-bond acceptors (Lipinski definition) is 9. The van der Waals surface area contributed by atoms with Crippen LogP contribution in [0.25, 0.3) is 10.9 Å². The first-order valence-electron chi connectivity index (χ1n) is 11.4. The summed E-state index contributed by atoms with van der Waals surface area (Å²) < 4.78 is 11.6. The molecule has 0 saturated heterocycles. The van der Waals surface area contributed by atoms with Gasteiger partial charge in [0.05, 0.1) is 28.9 Å². The summed E-state index contributed by atoms with van der Waals surface area (Å²) in [7, 11) is 0. The number of anilines is 3. The second-order valence-electron chi connectivity index (χ2n) is 8.67. The van der Waals surface area contributed by atoms with Gasteiger partial charge >= 0.3 is 0 Å². The van der Waals surface area contributed by atoms with Crippen molar-refractivity contribution < 1.29 is 14.6 Å². The number of aliphatic hydroxyl groups excluding tert-OH is 1. The molecule has 1 aliphatic rings. The molecule has 2 aromatic carbocycles. The van der Waals surface area contributed by atoms with E-state index in [-0.39, 0.29) is 0 Å². The fourth-order valence-electron chi connectivity index (χ4n) is 3.62. The molecule has 4 aromatic rings. The Morgan fingerprint density at radius 2 is 1.92 bits per heavy atom. The lowest BCUT2D eigenvalue weighted by Crippen LogP contribution is -2.41. The van der Waals surface area contributed by atoms with Crippen molar-refractivity contribution in [1.82, 2.24) is 15.0 Å². The van der Waals surface area contributed by atoms with Gasteiger partial charge in [-0.2, -0.15) is 0 Å². The fourth-order valence-corrected chi connectivity index (χ4v) is 3.86. The van der Waals surface area contributed by atoms with Crippen molar-refractivity contribution >= 4 is 45.7 Å². The van der Waals surface area contributed by atoms with Crippen LogP contribution in [0.2, 0.25) is 5.02 Å². The predicted molar refractivity (Wildman–Crippen MR) is 140 cm³/mol. The molecule has 3 heterocycles. The van der Waals surface area contributed by atoms with E-state index in [4.69, 9.17) is 21.1 Å². The van der Waals surface area contributed by atoms with Gasteiger partial charge in [0.25, 0.3) is 6.02 Å². The van der Waals surface area contributed by atoms with Crippen LogP contribution < -0.4 is 15.4 Å². The van der Waals surface area contributed by atoms with Gasteiger partial charge in [0.15, 0.2) is 5.60 Å². The first kappa shape index (κ1) is 23.8. The summed E-state index contributed by atoms with van der Waals surface area (Å²) >= 11 is 6.47. The van der Waals surface area contributed by atoms with Crippen LogP contribution in [-0.4, -0.2) is 44.3 Å². The van der Waals surface area contributed by atoms with Gasteiger partial charge in [-0.05, 0) is 62.4 Å². The molecule has 5 rings (SSSR count). The monoisotopic (exact) mass is 504 g/mol. The minimum atomic E-state index is -0.748. The van der Waals surface area contributed by atoms with Crippen molar-refractivity contribution in [2.45, 2.75) is 32.2 Å². The zero-order valence-corrected chi connectivity index (χ0v) is 20.5. The van der Waals surface area contributed by atoms with Crippen molar-refractivity contribution in [1.29, 1.82) is 0 Å². The normalized spacial score (nSPS) is 17.8. The van der Waals surface area contributed by atoms with Crippen LogP contribution in [0.3, 0.4) is 0 Å². The molecule has 2 atom stereocenters. The third-order valence-corrected chi connectivity index (χ3v) is 6.23. The molecule has 2 aromatic heterocycles. The number of rotatable bonds is 7. The Hall–Kier alpha value is -3.95. The molecule has 0 fully saturated rings. The highest BCUT2D eigenvalue weighted by Crippen LogP contribution is 2.32. The van der Waals surface area contributed by atoms with E-state index in [0.29, 0.717) is 35.8 Å². The Balaban J connectivity index is 1.32. The first-order chi connectivity index (χ1) is 17.4. The van der Waals surface area contributed by atoms with Crippen LogP contribution in [0.5, 0.6) is 5.75 Å². The molecule has 10 heteroatoms. The molecule has 3 N–H and O–H groups in total. The summed E-state index contributed by atoms with van der Waals surface area (Å²) in [6, 6.07) is 17.2. The van der Waals surface area contributed by atoms with Crippen LogP contribution in [0, 0.1) is 0 Å². The van der Waals surface area contributed by atoms with E-state index in [1.807, 2.05) is 49.4 Å². The highest BCUT2D eigenvalue weighted by atomic mass is 35.5. The Labute approximate surface area is 213 Å². The summed E-state index contributed by atoms with van der Waals surface area (Å²) in [6.07, 6.45) is 2.57. The zero-order chi connectivity index (χ0) is 25.1. The smallest absolute Gasteiger partial charge is 0.290 e. The lowest BCUT2D eigenvalue weighted by molar-refractivity contribution is -0.0197. The predicted octanol–water partition coefficient (Wildman–Crippen LogP) is 4.94. The van der Waals surface area contributed by atoms with Gasteiger partial charge in [0.1, 0.15) is 24.5 Å². The second kappa shape index (κ2) is 9.96. The van der Waals surface area contributed by atoms with Gasteiger partial charge in [0.2, 0.25) is 0 Å². The molecule has 1 aliphatic heterocycles. The molecule has 36 heavy (non-hydrogen) atoms. The number of fused-ring (bicyclic) bond motifs is 1. The first-order valence-corrected chi connectivity index (χ1v) is 11.8. The molecule has 0 bridgehead atoms. The third-order valence-electron chi connectivity index (χ3n) is 5.93. The van der Waals surface area contributed by atoms with Gasteiger partial charge in [-0.1, -0.05) is 17.7 Å². The summed E-state index contributed by atoms with van der Waals surface area (Å²) in [4.78, 5) is 17.4. The second-order valence-corrected chi connectivity index (χ2v) is 9.08. The number of nitrogens with zero attached hydrogens (tertiary/aromatic N) is 4. The van der Waals surface area contributed by atoms with E-state index in [2.05, 4.69) is 30.6 Å². The number of pyridine rings is 1. The summed E-state index contributed by atoms with van der Waals surface area (Å²) in [6.45, 7) is 4.21. The molecule has 0 amide bonds. The summed E-state index contributed by atoms with van der Waals surface area (Å²) in [5.41, 5.74) is 2.34. The number of halogens is 1. The molecule has 0 saturated carbocycles. The number of aromatic nitrogens is 3. The summed E-state index contributed by atoms with van der Waals surface area (Å²) in [5.74, 6) is 1.18. The van der Waals surface area contributed by atoms with E-state index < -0.39 is 11.7 Å². The van der Waals surface area contributed by atoms with Gasteiger partial charge in [-0.25, -0.2) is 15.0 Å². The quantitative estimate of drug-likeness (QED) is 0.324. The highest BCUT2D eigenvalue weighted by molar-refractivity contribution is 6.32. The highest BCUT2D eigenvalue weighted by Gasteiger charge is 2.38. The summed E-state index contributed by atoms with van der Waals surface area (Å²) in [5, 5.41) is 17.7. The maximum absolute atomic E-state index is 9.96. The zero-order valence-electron chi connectivity index (χ0n) is 19.8.